The lowest BCUT2D eigenvalue weighted by Crippen LogP contribution is -2.58. The number of para-hydroxylation sites is 1. The second-order valence-corrected chi connectivity index (χ2v) is 8.83. The van der Waals surface area contributed by atoms with E-state index >= 15 is 0 Å². The van der Waals surface area contributed by atoms with Crippen LogP contribution in [0.1, 0.15) is 12.0 Å². The summed E-state index contributed by atoms with van der Waals surface area (Å²) in [6, 6.07) is 26.9. The maximum Gasteiger partial charge on any atom is 0.310 e. The van der Waals surface area contributed by atoms with Gasteiger partial charge in [0, 0.05) is 12.0 Å². The molecular weight excluding hydrogens is 442 g/mol. The van der Waals surface area contributed by atoms with E-state index in [1.807, 2.05) is 72.8 Å². The Bertz CT molecular complexity index is 1360. The van der Waals surface area contributed by atoms with E-state index in [4.69, 9.17) is 13.9 Å². The van der Waals surface area contributed by atoms with Crippen molar-refractivity contribution in [2.75, 3.05) is 33.0 Å². The molecule has 1 aliphatic rings. The molecule has 0 amide bonds. The third-order valence-corrected chi connectivity index (χ3v) is 6.55. The van der Waals surface area contributed by atoms with Gasteiger partial charge in [-0.2, -0.15) is 0 Å². The van der Waals surface area contributed by atoms with Crippen molar-refractivity contribution < 1.29 is 18.7 Å². The number of esters is 1. The highest BCUT2D eigenvalue weighted by atomic mass is 16.6. The van der Waals surface area contributed by atoms with Gasteiger partial charge in [0.1, 0.15) is 13.1 Å². The average molecular weight is 471 g/mol. The van der Waals surface area contributed by atoms with Crippen molar-refractivity contribution in [1.29, 1.82) is 0 Å². The Labute approximate surface area is 203 Å². The number of carbonyl (C=O) groups excluding carboxylic acids is 1. The zero-order valence-corrected chi connectivity index (χ0v) is 19.5. The smallest absolute Gasteiger partial charge is 0.310 e. The summed E-state index contributed by atoms with van der Waals surface area (Å²) < 4.78 is 18.0. The number of hydrogen-bond donors (Lipinski definition) is 0. The number of fused-ring (bicyclic) bond motifs is 1. The molecule has 0 atom stereocenters. The molecule has 4 aromatic rings. The maximum absolute atomic E-state index is 13.2. The zero-order valence-electron chi connectivity index (χ0n) is 19.5. The molecule has 0 radical (unpaired) electrons. The fourth-order valence-electron chi connectivity index (χ4n) is 4.51. The highest BCUT2D eigenvalue weighted by molar-refractivity contribution is 5.92. The molecule has 178 valence electrons. The number of benzene rings is 3. The van der Waals surface area contributed by atoms with Crippen LogP contribution < -0.4 is 9.91 Å². The van der Waals surface area contributed by atoms with Crippen LogP contribution in [0.3, 0.4) is 0 Å². The van der Waals surface area contributed by atoms with Gasteiger partial charge >= 0.3 is 11.9 Å². The van der Waals surface area contributed by atoms with Crippen LogP contribution in [0.5, 0.6) is 0 Å². The van der Waals surface area contributed by atoms with Gasteiger partial charge in [-0.15, -0.1) is 0 Å². The first-order valence-corrected chi connectivity index (χ1v) is 11.9. The van der Waals surface area contributed by atoms with E-state index in [0.717, 1.165) is 16.7 Å². The van der Waals surface area contributed by atoms with Crippen molar-refractivity contribution in [3.63, 3.8) is 0 Å². The Balaban J connectivity index is 1.45. The Morgan fingerprint density at radius 1 is 0.886 bits per heavy atom. The van der Waals surface area contributed by atoms with Crippen LogP contribution in [0.15, 0.2) is 94.1 Å². The fourth-order valence-corrected chi connectivity index (χ4v) is 4.51. The normalized spacial score (nSPS) is 15.1. The topological polar surface area (TPSA) is 65.7 Å². The summed E-state index contributed by atoms with van der Waals surface area (Å²) in [5.41, 5.74) is 3.35. The van der Waals surface area contributed by atoms with E-state index in [-0.39, 0.29) is 22.6 Å². The molecule has 0 bridgehead atoms. The van der Waals surface area contributed by atoms with Crippen molar-refractivity contribution in [2.45, 2.75) is 12.8 Å². The quantitative estimate of drug-likeness (QED) is 0.283. The van der Waals surface area contributed by atoms with Gasteiger partial charge in [-0.05, 0) is 23.6 Å². The summed E-state index contributed by atoms with van der Waals surface area (Å²) in [5, 5.41) is 0.529. The molecule has 2 heterocycles. The summed E-state index contributed by atoms with van der Waals surface area (Å²) >= 11 is 0. The molecule has 35 heavy (non-hydrogen) atoms. The second-order valence-electron chi connectivity index (χ2n) is 8.83. The molecule has 0 aliphatic carbocycles. The standard InChI is InChI=1S/C29H28NO5/c31-26-20-27(35-29-24(12-7-13-25(26)29)23-10-5-2-6-11-23)30(16-18-33-19-17-30)21-34-28(32)15-14-22-8-3-1-4-9-22/h1-13,20H,14-19,21H2/q+1. The number of hydrogen-bond acceptors (Lipinski definition) is 5. The first kappa shape index (κ1) is 23.0. The predicted molar refractivity (Wildman–Crippen MR) is 136 cm³/mol. The minimum absolute atomic E-state index is 0.0962. The zero-order chi connectivity index (χ0) is 24.1. The number of quaternary nitrogens is 1. The molecule has 0 spiro atoms. The summed E-state index contributed by atoms with van der Waals surface area (Å²) in [7, 11) is 0. The van der Waals surface area contributed by atoms with E-state index in [9.17, 15) is 9.59 Å². The minimum atomic E-state index is -0.272. The number of nitrogens with zero attached hydrogens (tertiary/aromatic N) is 1. The molecule has 1 aromatic heterocycles. The monoisotopic (exact) mass is 470 g/mol. The molecule has 6 nitrogen and oxygen atoms in total. The van der Waals surface area contributed by atoms with Crippen LogP contribution >= 0.6 is 0 Å². The van der Waals surface area contributed by atoms with Crippen LogP contribution in [0.4, 0.5) is 5.88 Å². The van der Waals surface area contributed by atoms with Gasteiger partial charge in [0.05, 0.1) is 24.7 Å². The summed E-state index contributed by atoms with van der Waals surface area (Å²) in [5.74, 6) is 0.219. The van der Waals surface area contributed by atoms with Crippen molar-refractivity contribution in [2.24, 2.45) is 0 Å². The van der Waals surface area contributed by atoms with Crippen molar-refractivity contribution in [1.82, 2.24) is 4.48 Å². The number of aryl methyl sites for hydroxylation is 1. The van der Waals surface area contributed by atoms with Gasteiger partial charge < -0.3 is 13.9 Å². The van der Waals surface area contributed by atoms with Crippen LogP contribution in [0, 0.1) is 0 Å². The molecule has 5 rings (SSSR count). The average Bonchev–Trinajstić information content (AvgIpc) is 2.92. The molecule has 6 heteroatoms. The lowest BCUT2D eigenvalue weighted by Gasteiger charge is -2.37. The molecule has 1 fully saturated rings. The highest BCUT2D eigenvalue weighted by Gasteiger charge is 2.38. The van der Waals surface area contributed by atoms with E-state index in [1.54, 1.807) is 12.1 Å². The molecule has 3 aromatic carbocycles. The van der Waals surface area contributed by atoms with Gasteiger partial charge in [0.25, 0.3) is 0 Å². The van der Waals surface area contributed by atoms with E-state index in [0.29, 0.717) is 56.0 Å². The third-order valence-electron chi connectivity index (χ3n) is 6.55. The molecule has 1 aliphatic heterocycles. The van der Waals surface area contributed by atoms with Crippen LogP contribution in [-0.4, -0.2) is 39.0 Å². The Kier molecular flexibility index (Phi) is 6.75. The van der Waals surface area contributed by atoms with Crippen molar-refractivity contribution >= 4 is 22.8 Å². The lowest BCUT2D eigenvalue weighted by molar-refractivity contribution is -0.150. The Morgan fingerprint density at radius 2 is 1.60 bits per heavy atom. The highest BCUT2D eigenvalue weighted by Crippen LogP contribution is 2.32. The second kappa shape index (κ2) is 10.3. The molecular formula is C29H28NO5+. The van der Waals surface area contributed by atoms with Gasteiger partial charge in [-0.3, -0.25) is 9.59 Å². The van der Waals surface area contributed by atoms with Crippen molar-refractivity contribution in [3.8, 4) is 11.1 Å². The van der Waals surface area contributed by atoms with Gasteiger partial charge in [-0.1, -0.05) is 72.8 Å². The minimum Gasteiger partial charge on any atom is -0.414 e. The largest absolute Gasteiger partial charge is 0.414 e. The first-order valence-electron chi connectivity index (χ1n) is 11.9. The van der Waals surface area contributed by atoms with E-state index in [2.05, 4.69) is 0 Å². The summed E-state index contributed by atoms with van der Waals surface area (Å²) in [6.45, 7) is 2.17. The molecule has 0 saturated carbocycles. The van der Waals surface area contributed by atoms with Gasteiger partial charge in [-0.25, -0.2) is 4.48 Å². The number of ether oxygens (including phenoxy) is 2. The SMILES string of the molecule is O=C(CCc1ccccc1)OC[N+]1(c2cc(=O)c3cccc(-c4ccccc4)c3o2)CCOCC1. The van der Waals surface area contributed by atoms with Crippen LogP contribution in [0.2, 0.25) is 0 Å². The summed E-state index contributed by atoms with van der Waals surface area (Å²) in [4.78, 5) is 25.8. The maximum atomic E-state index is 13.2. The number of carbonyl (C=O) groups is 1. The molecule has 0 N–H and O–H groups in total. The molecule has 0 unspecified atom stereocenters. The van der Waals surface area contributed by atoms with E-state index < -0.39 is 0 Å². The lowest BCUT2D eigenvalue weighted by atomic mass is 10.0. The fraction of sp³-hybridized carbons (Fsp3) is 0.241. The summed E-state index contributed by atoms with van der Waals surface area (Å²) in [6.07, 6.45) is 0.911. The third kappa shape index (κ3) is 5.04. The number of rotatable bonds is 7. The van der Waals surface area contributed by atoms with E-state index in [1.165, 1.54) is 0 Å². The Morgan fingerprint density at radius 3 is 2.34 bits per heavy atom. The van der Waals surface area contributed by atoms with Crippen LogP contribution in [0.25, 0.3) is 22.1 Å². The Hall–Kier alpha value is -3.74. The molecule has 1 saturated heterocycles. The number of morpholine rings is 1. The van der Waals surface area contributed by atoms with Crippen molar-refractivity contribution in [3.05, 3.63) is 101 Å². The van der Waals surface area contributed by atoms with Gasteiger partial charge in [0.15, 0.2) is 11.0 Å². The first-order chi connectivity index (χ1) is 17.1. The van der Waals surface area contributed by atoms with Gasteiger partial charge in [0.2, 0.25) is 6.73 Å². The predicted octanol–water partition coefficient (Wildman–Crippen LogP) is 4.93. The van der Waals surface area contributed by atoms with Crippen LogP contribution in [-0.2, 0) is 20.7 Å².